The molecule has 0 radical (unpaired) electrons. The highest BCUT2D eigenvalue weighted by Gasteiger charge is 2.22. The number of para-hydroxylation sites is 1. The van der Waals surface area contributed by atoms with Gasteiger partial charge in [-0.05, 0) is 44.2 Å². The van der Waals surface area contributed by atoms with Crippen LogP contribution in [0.3, 0.4) is 0 Å². The molecule has 3 aromatic rings. The van der Waals surface area contributed by atoms with Crippen molar-refractivity contribution in [1.29, 1.82) is 0 Å². The van der Waals surface area contributed by atoms with Gasteiger partial charge in [-0.2, -0.15) is 5.10 Å². The van der Waals surface area contributed by atoms with Gasteiger partial charge < -0.3 is 4.90 Å². The zero-order chi connectivity index (χ0) is 22.3. The third-order valence-electron chi connectivity index (χ3n) is 5.01. The monoisotopic (exact) mass is 447 g/mol. The molecule has 1 heterocycles. The second kappa shape index (κ2) is 7.88. The number of hydrogen-bond donors (Lipinski definition) is 0. The van der Waals surface area contributed by atoms with Gasteiger partial charge in [-0.15, -0.1) is 0 Å². The molecular weight excluding hydrogens is 422 g/mol. The van der Waals surface area contributed by atoms with E-state index < -0.39 is 19.7 Å². The van der Waals surface area contributed by atoms with Crippen LogP contribution in [-0.2, 0) is 26.2 Å². The van der Waals surface area contributed by atoms with E-state index in [1.165, 1.54) is 12.1 Å². The standard InChI is InChI=1S/C21H25N3O4S2/c1-15-19(16(2)24(22-15)17-9-7-6-8-10-17)14-23(3)20-12-11-18(29(4,25)26)13-21(20)30(5,27)28/h6-13H,14H2,1-5H3. The Morgan fingerprint density at radius 3 is 2.13 bits per heavy atom. The van der Waals surface area contributed by atoms with E-state index >= 15 is 0 Å². The predicted octanol–water partition coefficient (Wildman–Crippen LogP) is 2.93. The minimum absolute atomic E-state index is 0.0151. The number of aromatic nitrogens is 2. The van der Waals surface area contributed by atoms with Gasteiger partial charge in [-0.3, -0.25) is 0 Å². The number of aryl methyl sites for hydroxylation is 1. The lowest BCUT2D eigenvalue weighted by atomic mass is 10.1. The lowest BCUT2D eigenvalue weighted by Crippen LogP contribution is -2.20. The Morgan fingerprint density at radius 2 is 1.57 bits per heavy atom. The third kappa shape index (κ3) is 4.41. The van der Waals surface area contributed by atoms with Gasteiger partial charge in [0.1, 0.15) is 0 Å². The molecule has 0 aliphatic heterocycles. The summed E-state index contributed by atoms with van der Waals surface area (Å²) in [5.41, 5.74) is 4.17. The first-order valence-corrected chi connectivity index (χ1v) is 13.0. The molecule has 0 N–H and O–H groups in total. The molecule has 7 nitrogen and oxygen atoms in total. The van der Waals surface area contributed by atoms with Crippen molar-refractivity contribution in [3.05, 3.63) is 65.5 Å². The third-order valence-corrected chi connectivity index (χ3v) is 7.24. The molecule has 0 unspecified atom stereocenters. The van der Waals surface area contributed by atoms with Gasteiger partial charge in [0.15, 0.2) is 19.7 Å². The van der Waals surface area contributed by atoms with Crippen LogP contribution < -0.4 is 4.90 Å². The average molecular weight is 448 g/mol. The van der Waals surface area contributed by atoms with Gasteiger partial charge >= 0.3 is 0 Å². The number of sulfone groups is 2. The summed E-state index contributed by atoms with van der Waals surface area (Å²) < 4.78 is 50.4. The first-order valence-electron chi connectivity index (χ1n) is 9.25. The van der Waals surface area contributed by atoms with Crippen LogP contribution in [0.4, 0.5) is 5.69 Å². The summed E-state index contributed by atoms with van der Waals surface area (Å²) in [5, 5.41) is 4.64. The summed E-state index contributed by atoms with van der Waals surface area (Å²) in [5.74, 6) is 0. The molecule has 0 bridgehead atoms. The Morgan fingerprint density at radius 1 is 0.933 bits per heavy atom. The second-order valence-electron chi connectivity index (χ2n) is 7.43. The van der Waals surface area contributed by atoms with Crippen LogP contribution in [0.25, 0.3) is 5.69 Å². The van der Waals surface area contributed by atoms with E-state index in [0.29, 0.717) is 12.2 Å². The van der Waals surface area contributed by atoms with Crippen LogP contribution in [0, 0.1) is 13.8 Å². The Balaban J connectivity index is 2.03. The molecule has 0 amide bonds. The minimum atomic E-state index is -3.64. The minimum Gasteiger partial charge on any atom is -0.369 e. The normalized spacial score (nSPS) is 12.2. The van der Waals surface area contributed by atoms with E-state index in [9.17, 15) is 16.8 Å². The molecule has 1 aromatic heterocycles. The predicted molar refractivity (Wildman–Crippen MR) is 118 cm³/mol. The fourth-order valence-corrected chi connectivity index (χ4v) is 5.05. The fourth-order valence-electron chi connectivity index (χ4n) is 3.38. The Labute approximate surface area is 177 Å². The van der Waals surface area contributed by atoms with Gasteiger partial charge in [0.25, 0.3) is 0 Å². The highest BCUT2D eigenvalue weighted by atomic mass is 32.2. The van der Waals surface area contributed by atoms with Gasteiger partial charge in [-0.25, -0.2) is 21.5 Å². The smallest absolute Gasteiger partial charge is 0.177 e. The highest BCUT2D eigenvalue weighted by Crippen LogP contribution is 2.30. The highest BCUT2D eigenvalue weighted by molar-refractivity contribution is 7.91. The average Bonchev–Trinajstić information content (AvgIpc) is 2.95. The van der Waals surface area contributed by atoms with Gasteiger partial charge in [0.05, 0.1) is 26.9 Å². The molecular formula is C21H25N3O4S2. The zero-order valence-electron chi connectivity index (χ0n) is 17.6. The largest absolute Gasteiger partial charge is 0.369 e. The molecule has 0 saturated carbocycles. The molecule has 0 aliphatic rings. The van der Waals surface area contributed by atoms with E-state index in [-0.39, 0.29) is 9.79 Å². The zero-order valence-corrected chi connectivity index (χ0v) is 19.3. The maximum absolute atomic E-state index is 12.4. The van der Waals surface area contributed by atoms with Gasteiger partial charge in [0.2, 0.25) is 0 Å². The van der Waals surface area contributed by atoms with Crippen molar-refractivity contribution >= 4 is 25.4 Å². The summed E-state index contributed by atoms with van der Waals surface area (Å²) >= 11 is 0. The number of benzene rings is 2. The first kappa shape index (κ1) is 22.0. The fraction of sp³-hybridized carbons (Fsp3) is 0.286. The molecule has 0 saturated heterocycles. The van der Waals surface area contributed by atoms with Crippen LogP contribution in [0.5, 0.6) is 0 Å². The van der Waals surface area contributed by atoms with Crippen molar-refractivity contribution in [1.82, 2.24) is 9.78 Å². The summed E-state index contributed by atoms with van der Waals surface area (Å²) in [4.78, 5) is 1.76. The number of hydrogen-bond acceptors (Lipinski definition) is 6. The summed E-state index contributed by atoms with van der Waals surface area (Å²) in [7, 11) is -5.38. The van der Waals surface area contributed by atoms with Crippen LogP contribution in [0.1, 0.15) is 17.0 Å². The molecule has 0 fully saturated rings. The Kier molecular flexibility index (Phi) is 5.79. The van der Waals surface area contributed by atoms with Crippen molar-refractivity contribution < 1.29 is 16.8 Å². The van der Waals surface area contributed by atoms with E-state index in [4.69, 9.17) is 0 Å². The van der Waals surface area contributed by atoms with Gasteiger partial charge in [0, 0.05) is 37.4 Å². The maximum Gasteiger partial charge on any atom is 0.177 e. The molecule has 9 heteroatoms. The second-order valence-corrected chi connectivity index (χ2v) is 11.4. The van der Waals surface area contributed by atoms with E-state index in [0.717, 1.165) is 35.2 Å². The van der Waals surface area contributed by atoms with Crippen molar-refractivity contribution in [3.8, 4) is 5.69 Å². The molecule has 160 valence electrons. The summed E-state index contributed by atoms with van der Waals surface area (Å²) in [6.07, 6.45) is 2.14. The quantitative estimate of drug-likeness (QED) is 0.577. The van der Waals surface area contributed by atoms with E-state index in [1.807, 2.05) is 48.9 Å². The number of nitrogens with zero attached hydrogens (tertiary/aromatic N) is 3. The Hall–Kier alpha value is -2.65. The SMILES string of the molecule is Cc1nn(-c2ccccc2)c(C)c1CN(C)c1ccc(S(C)(=O)=O)cc1S(C)(=O)=O. The van der Waals surface area contributed by atoms with Crippen LogP contribution in [-0.4, -0.2) is 46.2 Å². The summed E-state index contributed by atoms with van der Waals surface area (Å²) in [6, 6.07) is 14.0. The first-order chi connectivity index (χ1) is 13.9. The van der Waals surface area contributed by atoms with Crippen LogP contribution >= 0.6 is 0 Å². The Bertz CT molecular complexity index is 1300. The summed E-state index contributed by atoms with van der Waals surface area (Å²) in [6.45, 7) is 4.31. The lowest BCUT2D eigenvalue weighted by molar-refractivity contribution is 0.600. The maximum atomic E-state index is 12.4. The molecule has 0 spiro atoms. The molecule has 0 aliphatic carbocycles. The van der Waals surface area contributed by atoms with Crippen molar-refractivity contribution in [2.24, 2.45) is 0 Å². The molecule has 2 aromatic carbocycles. The van der Waals surface area contributed by atoms with Crippen molar-refractivity contribution in [2.75, 3.05) is 24.5 Å². The molecule has 30 heavy (non-hydrogen) atoms. The van der Waals surface area contributed by atoms with Crippen LogP contribution in [0.2, 0.25) is 0 Å². The van der Waals surface area contributed by atoms with Crippen LogP contribution in [0.15, 0.2) is 58.3 Å². The van der Waals surface area contributed by atoms with E-state index in [1.54, 1.807) is 18.0 Å². The molecule has 3 rings (SSSR count). The number of rotatable bonds is 6. The van der Waals surface area contributed by atoms with Crippen molar-refractivity contribution in [3.63, 3.8) is 0 Å². The molecule has 0 atom stereocenters. The van der Waals surface area contributed by atoms with Gasteiger partial charge in [-0.1, -0.05) is 18.2 Å². The van der Waals surface area contributed by atoms with Crippen molar-refractivity contribution in [2.45, 2.75) is 30.2 Å². The topological polar surface area (TPSA) is 89.3 Å². The number of anilines is 1. The van der Waals surface area contributed by atoms with E-state index in [2.05, 4.69) is 5.10 Å². The lowest BCUT2D eigenvalue weighted by Gasteiger charge is -2.22.